The van der Waals surface area contributed by atoms with Gasteiger partial charge in [-0.2, -0.15) is 0 Å². The summed E-state index contributed by atoms with van der Waals surface area (Å²) in [5, 5.41) is 2.98. The summed E-state index contributed by atoms with van der Waals surface area (Å²) in [6.45, 7) is 1.09. The Labute approximate surface area is 149 Å². The fourth-order valence-electron chi connectivity index (χ4n) is 1.85. The molecule has 3 amide bonds. The highest BCUT2D eigenvalue weighted by Crippen LogP contribution is 2.22. The van der Waals surface area contributed by atoms with Gasteiger partial charge < -0.3 is 10.1 Å². The molecule has 7 nitrogen and oxygen atoms in total. The summed E-state index contributed by atoms with van der Waals surface area (Å²) in [7, 11) is 0. The van der Waals surface area contributed by atoms with Crippen LogP contribution in [0.15, 0.2) is 48.5 Å². The standard InChI is InChI=1S/C17H16ClN3O4/c1-11(22)19-13-8-6-12(7-9-13)17(24)21-20-16(23)10-25-15-5-3-2-4-14(15)18/h2-9H,10H2,1H3,(H,19,22)(H,20,23)(H,21,24). The third kappa shape index (κ3) is 5.82. The van der Waals surface area contributed by atoms with Crippen LogP contribution in [0.4, 0.5) is 5.69 Å². The Balaban J connectivity index is 1.80. The third-order valence-corrected chi connectivity index (χ3v) is 3.29. The van der Waals surface area contributed by atoms with Crippen LogP contribution in [0.5, 0.6) is 5.75 Å². The van der Waals surface area contributed by atoms with Crippen LogP contribution in [0.1, 0.15) is 17.3 Å². The molecule has 2 aromatic carbocycles. The number of ether oxygens (including phenoxy) is 1. The monoisotopic (exact) mass is 361 g/mol. The zero-order chi connectivity index (χ0) is 18.2. The van der Waals surface area contributed by atoms with Gasteiger partial charge in [0.15, 0.2) is 6.61 Å². The second kappa shape index (κ2) is 8.70. The van der Waals surface area contributed by atoms with Crippen molar-refractivity contribution in [1.82, 2.24) is 10.9 Å². The molecule has 0 atom stereocenters. The van der Waals surface area contributed by atoms with Crippen LogP contribution in [-0.2, 0) is 9.59 Å². The summed E-state index contributed by atoms with van der Waals surface area (Å²) < 4.78 is 5.25. The molecule has 0 fully saturated rings. The molecule has 2 rings (SSSR count). The molecule has 0 aromatic heterocycles. The predicted octanol–water partition coefficient (Wildman–Crippen LogP) is 2.14. The molecule has 3 N–H and O–H groups in total. The van der Waals surface area contributed by atoms with Gasteiger partial charge in [-0.25, -0.2) is 0 Å². The van der Waals surface area contributed by atoms with Crippen LogP contribution in [0.2, 0.25) is 5.02 Å². The van der Waals surface area contributed by atoms with Gasteiger partial charge in [-0.15, -0.1) is 0 Å². The minimum absolute atomic E-state index is 0.206. The van der Waals surface area contributed by atoms with Gasteiger partial charge in [0.25, 0.3) is 11.8 Å². The van der Waals surface area contributed by atoms with Crippen molar-refractivity contribution in [2.24, 2.45) is 0 Å². The Kier molecular flexibility index (Phi) is 6.36. The number of para-hydroxylation sites is 1. The summed E-state index contributed by atoms with van der Waals surface area (Å²) in [6.07, 6.45) is 0. The molecule has 0 saturated carbocycles. The van der Waals surface area contributed by atoms with Crippen molar-refractivity contribution in [3.63, 3.8) is 0 Å². The van der Waals surface area contributed by atoms with E-state index in [1.807, 2.05) is 0 Å². The highest BCUT2D eigenvalue weighted by atomic mass is 35.5. The maximum absolute atomic E-state index is 11.9. The molecule has 0 saturated heterocycles. The number of nitrogens with one attached hydrogen (secondary N) is 3. The van der Waals surface area contributed by atoms with Crippen LogP contribution in [0.25, 0.3) is 0 Å². The van der Waals surface area contributed by atoms with Crippen molar-refractivity contribution < 1.29 is 19.1 Å². The lowest BCUT2D eigenvalue weighted by Crippen LogP contribution is -2.43. The lowest BCUT2D eigenvalue weighted by molar-refractivity contribution is -0.123. The molecular formula is C17H16ClN3O4. The second-order valence-electron chi connectivity index (χ2n) is 4.98. The van der Waals surface area contributed by atoms with Crippen molar-refractivity contribution in [2.45, 2.75) is 6.92 Å². The maximum Gasteiger partial charge on any atom is 0.276 e. The van der Waals surface area contributed by atoms with E-state index in [-0.39, 0.29) is 12.5 Å². The van der Waals surface area contributed by atoms with Gasteiger partial charge in [0.2, 0.25) is 5.91 Å². The van der Waals surface area contributed by atoms with Crippen molar-refractivity contribution in [3.8, 4) is 5.75 Å². The molecule has 0 radical (unpaired) electrons. The van der Waals surface area contributed by atoms with Crippen LogP contribution < -0.4 is 20.9 Å². The molecule has 130 valence electrons. The summed E-state index contributed by atoms with van der Waals surface area (Å²) in [5.41, 5.74) is 5.40. The highest BCUT2D eigenvalue weighted by Gasteiger charge is 2.09. The van der Waals surface area contributed by atoms with E-state index in [2.05, 4.69) is 16.2 Å². The van der Waals surface area contributed by atoms with E-state index >= 15 is 0 Å². The van der Waals surface area contributed by atoms with Crippen molar-refractivity contribution in [3.05, 3.63) is 59.1 Å². The van der Waals surface area contributed by atoms with E-state index in [4.69, 9.17) is 16.3 Å². The van der Waals surface area contributed by atoms with Gasteiger partial charge in [0.05, 0.1) is 5.02 Å². The van der Waals surface area contributed by atoms with E-state index in [9.17, 15) is 14.4 Å². The van der Waals surface area contributed by atoms with Gasteiger partial charge in [0.1, 0.15) is 5.75 Å². The van der Waals surface area contributed by atoms with Crippen LogP contribution in [0, 0.1) is 0 Å². The smallest absolute Gasteiger partial charge is 0.276 e. The van der Waals surface area contributed by atoms with Gasteiger partial charge in [0, 0.05) is 18.2 Å². The van der Waals surface area contributed by atoms with Crippen molar-refractivity contribution >= 4 is 35.0 Å². The molecule has 0 aliphatic carbocycles. The zero-order valence-electron chi connectivity index (χ0n) is 13.3. The number of carbonyl (C=O) groups excluding carboxylic acids is 3. The van der Waals surface area contributed by atoms with E-state index in [1.54, 1.807) is 36.4 Å². The fourth-order valence-corrected chi connectivity index (χ4v) is 2.04. The molecule has 25 heavy (non-hydrogen) atoms. The maximum atomic E-state index is 11.9. The first-order chi connectivity index (χ1) is 12.0. The lowest BCUT2D eigenvalue weighted by Gasteiger charge is -2.10. The molecule has 2 aromatic rings. The van der Waals surface area contributed by atoms with Crippen LogP contribution in [0.3, 0.4) is 0 Å². The van der Waals surface area contributed by atoms with Crippen molar-refractivity contribution in [1.29, 1.82) is 0 Å². The van der Waals surface area contributed by atoms with E-state index in [0.29, 0.717) is 22.0 Å². The molecule has 0 aliphatic rings. The molecule has 8 heteroatoms. The third-order valence-electron chi connectivity index (χ3n) is 2.98. The van der Waals surface area contributed by atoms with Gasteiger partial charge in [-0.05, 0) is 36.4 Å². The Bertz CT molecular complexity index is 778. The van der Waals surface area contributed by atoms with Gasteiger partial charge in [-0.3, -0.25) is 25.2 Å². The average molecular weight is 362 g/mol. The van der Waals surface area contributed by atoms with Gasteiger partial charge >= 0.3 is 0 Å². The normalized spacial score (nSPS) is 9.84. The zero-order valence-corrected chi connectivity index (χ0v) is 14.1. The first-order valence-electron chi connectivity index (χ1n) is 7.30. The Morgan fingerprint density at radius 2 is 1.68 bits per heavy atom. The largest absolute Gasteiger partial charge is 0.482 e. The quantitative estimate of drug-likeness (QED) is 0.711. The molecule has 0 unspecified atom stereocenters. The van der Waals surface area contributed by atoms with Crippen molar-refractivity contribution in [2.75, 3.05) is 11.9 Å². The topological polar surface area (TPSA) is 96.5 Å². The number of amides is 3. The second-order valence-corrected chi connectivity index (χ2v) is 5.39. The number of hydrazine groups is 1. The average Bonchev–Trinajstić information content (AvgIpc) is 2.59. The summed E-state index contributed by atoms with van der Waals surface area (Å²) >= 11 is 5.91. The SMILES string of the molecule is CC(=O)Nc1ccc(C(=O)NNC(=O)COc2ccccc2Cl)cc1. The molecule has 0 bridgehead atoms. The number of hydrogen-bond acceptors (Lipinski definition) is 4. The molecule has 0 aliphatic heterocycles. The first kappa shape index (κ1) is 18.3. The summed E-state index contributed by atoms with van der Waals surface area (Å²) in [4.78, 5) is 34.6. The minimum atomic E-state index is -0.539. The number of carbonyl (C=O) groups is 3. The van der Waals surface area contributed by atoms with E-state index in [1.165, 1.54) is 19.1 Å². The van der Waals surface area contributed by atoms with Crippen LogP contribution >= 0.6 is 11.6 Å². The minimum Gasteiger partial charge on any atom is -0.482 e. The Morgan fingerprint density at radius 3 is 2.32 bits per heavy atom. The first-order valence-corrected chi connectivity index (χ1v) is 7.67. The number of benzene rings is 2. The lowest BCUT2D eigenvalue weighted by atomic mass is 10.2. The number of halogens is 1. The number of rotatable bonds is 5. The van der Waals surface area contributed by atoms with Gasteiger partial charge in [-0.1, -0.05) is 23.7 Å². The van der Waals surface area contributed by atoms with Crippen LogP contribution in [-0.4, -0.2) is 24.3 Å². The highest BCUT2D eigenvalue weighted by molar-refractivity contribution is 6.32. The summed E-state index contributed by atoms with van der Waals surface area (Å²) in [5.74, 6) is -0.870. The number of hydrogen-bond donors (Lipinski definition) is 3. The Hall–Kier alpha value is -3.06. The Morgan fingerprint density at radius 1 is 1.00 bits per heavy atom. The predicted molar refractivity (Wildman–Crippen MR) is 93.3 cm³/mol. The van der Waals surface area contributed by atoms with E-state index < -0.39 is 11.8 Å². The number of anilines is 1. The molecular weight excluding hydrogens is 346 g/mol. The van der Waals surface area contributed by atoms with E-state index in [0.717, 1.165) is 0 Å². The summed E-state index contributed by atoms with van der Waals surface area (Å²) in [6, 6.07) is 12.9. The molecule has 0 spiro atoms. The molecule has 0 heterocycles. The fraction of sp³-hybridized carbons (Fsp3) is 0.118.